The Balaban J connectivity index is 2.07. The highest BCUT2D eigenvalue weighted by Gasteiger charge is 2.03. The molecule has 0 aliphatic rings. The summed E-state index contributed by atoms with van der Waals surface area (Å²) in [5, 5.41) is 0. The second-order valence-corrected chi connectivity index (χ2v) is 5.18. The number of rotatable bonds is 4. The number of hydrogen-bond donors (Lipinski definition) is 1. The monoisotopic (exact) mass is 323 g/mol. The second kappa shape index (κ2) is 6.17. The largest absolute Gasteiger partial charge is 0.489 e. The average Bonchev–Trinajstić information content (AvgIpc) is 2.41. The van der Waals surface area contributed by atoms with Gasteiger partial charge in [-0.15, -0.1) is 0 Å². The Kier molecular flexibility index (Phi) is 4.56. The number of benzene rings is 2. The molecule has 0 unspecified atom stereocenters. The van der Waals surface area contributed by atoms with Crippen LogP contribution >= 0.6 is 15.9 Å². The normalized spacial score (nSPS) is 10.5. The third-order valence-electron chi connectivity index (χ3n) is 2.86. The van der Waals surface area contributed by atoms with Crippen molar-refractivity contribution in [1.29, 1.82) is 0 Å². The molecular weight excluding hydrogens is 309 g/mol. The first kappa shape index (κ1) is 14.0. The lowest BCUT2D eigenvalue weighted by molar-refractivity contribution is 0.305. The molecular formula is C15H15BrFNO. The van der Waals surface area contributed by atoms with Gasteiger partial charge in [0.25, 0.3) is 0 Å². The summed E-state index contributed by atoms with van der Waals surface area (Å²) in [4.78, 5) is 0. The lowest BCUT2D eigenvalue weighted by Crippen LogP contribution is -2.02. The lowest BCUT2D eigenvalue weighted by Gasteiger charge is -2.09. The van der Waals surface area contributed by atoms with Gasteiger partial charge in [-0.3, -0.25) is 0 Å². The van der Waals surface area contributed by atoms with E-state index < -0.39 is 0 Å². The minimum absolute atomic E-state index is 0.192. The van der Waals surface area contributed by atoms with Crippen molar-refractivity contribution in [2.45, 2.75) is 20.1 Å². The van der Waals surface area contributed by atoms with E-state index in [9.17, 15) is 4.39 Å². The first-order valence-corrected chi connectivity index (χ1v) is 6.76. The summed E-state index contributed by atoms with van der Waals surface area (Å²) in [5.41, 5.74) is 8.00. The van der Waals surface area contributed by atoms with Crippen LogP contribution in [0.4, 0.5) is 4.39 Å². The van der Waals surface area contributed by atoms with Gasteiger partial charge in [0.2, 0.25) is 0 Å². The van der Waals surface area contributed by atoms with Crippen molar-refractivity contribution in [3.8, 4) is 5.75 Å². The standard InChI is InChI=1S/C15H15BrFNO/c1-10-6-13(3-4-14(10)16)19-9-11-2-5-15(17)12(7-11)8-18/h2-7H,8-9,18H2,1H3. The summed E-state index contributed by atoms with van der Waals surface area (Å²) in [5.74, 6) is 0.519. The molecule has 0 saturated carbocycles. The zero-order chi connectivity index (χ0) is 13.8. The van der Waals surface area contributed by atoms with E-state index >= 15 is 0 Å². The molecule has 0 bridgehead atoms. The van der Waals surface area contributed by atoms with E-state index in [0.717, 1.165) is 21.3 Å². The number of ether oxygens (including phenoxy) is 1. The Hall–Kier alpha value is -1.39. The average molecular weight is 324 g/mol. The molecule has 0 aliphatic heterocycles. The van der Waals surface area contributed by atoms with E-state index in [1.165, 1.54) is 6.07 Å². The van der Waals surface area contributed by atoms with Gasteiger partial charge in [0.1, 0.15) is 18.2 Å². The van der Waals surface area contributed by atoms with Crippen molar-refractivity contribution in [2.24, 2.45) is 5.73 Å². The summed E-state index contributed by atoms with van der Waals surface area (Å²) in [6.45, 7) is 2.59. The maximum absolute atomic E-state index is 13.3. The molecule has 0 saturated heterocycles. The molecule has 2 N–H and O–H groups in total. The summed E-state index contributed by atoms with van der Waals surface area (Å²) in [6, 6.07) is 10.7. The van der Waals surface area contributed by atoms with Crippen LogP contribution in [-0.4, -0.2) is 0 Å². The maximum Gasteiger partial charge on any atom is 0.127 e. The van der Waals surface area contributed by atoms with Crippen LogP contribution in [0.25, 0.3) is 0 Å². The minimum atomic E-state index is -0.272. The third kappa shape index (κ3) is 3.55. The topological polar surface area (TPSA) is 35.2 Å². The van der Waals surface area contributed by atoms with E-state index in [2.05, 4.69) is 15.9 Å². The van der Waals surface area contributed by atoms with Crippen LogP contribution in [0.5, 0.6) is 5.75 Å². The quantitative estimate of drug-likeness (QED) is 0.925. The predicted molar refractivity (Wildman–Crippen MR) is 77.5 cm³/mol. The van der Waals surface area contributed by atoms with Crippen LogP contribution in [0.2, 0.25) is 0 Å². The van der Waals surface area contributed by atoms with Crippen molar-refractivity contribution in [3.63, 3.8) is 0 Å². The molecule has 4 heteroatoms. The van der Waals surface area contributed by atoms with Gasteiger partial charge >= 0.3 is 0 Å². The highest BCUT2D eigenvalue weighted by molar-refractivity contribution is 9.10. The van der Waals surface area contributed by atoms with Gasteiger partial charge in [0, 0.05) is 16.6 Å². The van der Waals surface area contributed by atoms with Gasteiger partial charge in [-0.1, -0.05) is 22.0 Å². The number of halogens is 2. The maximum atomic E-state index is 13.3. The Morgan fingerprint density at radius 3 is 2.68 bits per heavy atom. The summed E-state index contributed by atoms with van der Waals surface area (Å²) in [7, 11) is 0. The van der Waals surface area contributed by atoms with Gasteiger partial charge in [0.05, 0.1) is 0 Å². The van der Waals surface area contributed by atoms with Gasteiger partial charge < -0.3 is 10.5 Å². The van der Waals surface area contributed by atoms with Crippen LogP contribution in [0, 0.1) is 12.7 Å². The van der Waals surface area contributed by atoms with E-state index in [-0.39, 0.29) is 12.4 Å². The van der Waals surface area contributed by atoms with Crippen molar-refractivity contribution >= 4 is 15.9 Å². The molecule has 0 spiro atoms. The van der Waals surface area contributed by atoms with Gasteiger partial charge in [-0.05, 0) is 48.4 Å². The second-order valence-electron chi connectivity index (χ2n) is 4.33. The molecule has 0 heterocycles. The minimum Gasteiger partial charge on any atom is -0.489 e. The SMILES string of the molecule is Cc1cc(OCc2ccc(F)c(CN)c2)ccc1Br. The van der Waals surface area contributed by atoms with Crippen LogP contribution in [-0.2, 0) is 13.2 Å². The zero-order valence-corrected chi connectivity index (χ0v) is 12.2. The van der Waals surface area contributed by atoms with Crippen molar-refractivity contribution < 1.29 is 9.13 Å². The molecule has 0 aliphatic carbocycles. The molecule has 2 aromatic rings. The van der Waals surface area contributed by atoms with E-state index in [1.54, 1.807) is 12.1 Å². The Morgan fingerprint density at radius 1 is 1.21 bits per heavy atom. The third-order valence-corrected chi connectivity index (χ3v) is 3.75. The number of nitrogens with two attached hydrogens (primary N) is 1. The van der Waals surface area contributed by atoms with E-state index in [4.69, 9.17) is 10.5 Å². The Labute approximate surface area is 120 Å². The van der Waals surface area contributed by atoms with Crippen LogP contribution < -0.4 is 10.5 Å². The fourth-order valence-electron chi connectivity index (χ4n) is 1.75. The summed E-state index contributed by atoms with van der Waals surface area (Å²) in [6.07, 6.45) is 0. The fraction of sp³-hybridized carbons (Fsp3) is 0.200. The summed E-state index contributed by atoms with van der Waals surface area (Å²) < 4.78 is 20.0. The number of hydrogen-bond acceptors (Lipinski definition) is 2. The molecule has 0 atom stereocenters. The van der Waals surface area contributed by atoms with E-state index in [1.807, 2.05) is 25.1 Å². The van der Waals surface area contributed by atoms with Crippen LogP contribution in [0.1, 0.15) is 16.7 Å². The smallest absolute Gasteiger partial charge is 0.127 e. The number of aryl methyl sites for hydroxylation is 1. The molecule has 2 rings (SSSR count). The zero-order valence-electron chi connectivity index (χ0n) is 10.6. The molecule has 2 aromatic carbocycles. The van der Waals surface area contributed by atoms with Gasteiger partial charge in [-0.25, -0.2) is 4.39 Å². The van der Waals surface area contributed by atoms with Crippen molar-refractivity contribution in [2.75, 3.05) is 0 Å². The predicted octanol–water partition coefficient (Wildman–Crippen LogP) is 3.93. The molecule has 2 nitrogen and oxygen atoms in total. The fourth-order valence-corrected chi connectivity index (χ4v) is 1.99. The van der Waals surface area contributed by atoms with E-state index in [0.29, 0.717) is 12.2 Å². The molecule has 0 aromatic heterocycles. The Morgan fingerprint density at radius 2 is 2.00 bits per heavy atom. The highest BCUT2D eigenvalue weighted by Crippen LogP contribution is 2.22. The lowest BCUT2D eigenvalue weighted by atomic mass is 10.1. The van der Waals surface area contributed by atoms with Gasteiger partial charge in [-0.2, -0.15) is 0 Å². The first-order valence-electron chi connectivity index (χ1n) is 5.96. The highest BCUT2D eigenvalue weighted by atomic mass is 79.9. The molecule has 0 radical (unpaired) electrons. The Bertz CT molecular complexity index is 586. The van der Waals surface area contributed by atoms with Gasteiger partial charge in [0.15, 0.2) is 0 Å². The first-order chi connectivity index (χ1) is 9.10. The van der Waals surface area contributed by atoms with Crippen LogP contribution in [0.3, 0.4) is 0 Å². The van der Waals surface area contributed by atoms with Crippen molar-refractivity contribution in [3.05, 3.63) is 63.4 Å². The molecule has 19 heavy (non-hydrogen) atoms. The molecule has 0 amide bonds. The summed E-state index contributed by atoms with van der Waals surface area (Å²) >= 11 is 3.44. The van der Waals surface area contributed by atoms with Crippen LogP contribution in [0.15, 0.2) is 40.9 Å². The molecule has 100 valence electrons. The molecule has 0 fully saturated rings. The van der Waals surface area contributed by atoms with Crippen molar-refractivity contribution in [1.82, 2.24) is 0 Å².